The summed E-state index contributed by atoms with van der Waals surface area (Å²) in [5.74, 6) is -0.0701. The maximum atomic E-state index is 12.7. The third-order valence-electron chi connectivity index (χ3n) is 5.14. The van der Waals surface area contributed by atoms with Crippen LogP contribution in [-0.4, -0.2) is 26.2 Å². The number of aromatic nitrogens is 3. The van der Waals surface area contributed by atoms with Crippen LogP contribution < -0.4 is 10.9 Å². The van der Waals surface area contributed by atoms with Crippen molar-refractivity contribution < 1.29 is 5.11 Å². The van der Waals surface area contributed by atoms with Gasteiger partial charge in [0.2, 0.25) is 5.88 Å². The minimum atomic E-state index is -0.438. The van der Waals surface area contributed by atoms with Crippen LogP contribution in [0.25, 0.3) is 10.9 Å². The minimum absolute atomic E-state index is 0.0701. The maximum Gasteiger partial charge on any atom is 0.260 e. The molecule has 0 aliphatic carbocycles. The van der Waals surface area contributed by atoms with E-state index in [0.29, 0.717) is 23.7 Å². The number of nitrogens with zero attached hydrogens (tertiary/aromatic N) is 1. The molecule has 2 aromatic heterocycles. The summed E-state index contributed by atoms with van der Waals surface area (Å²) in [6, 6.07) is 5.27. The number of hydrogen-bond acceptors (Lipinski definition) is 4. The molecule has 1 aromatic carbocycles. The van der Waals surface area contributed by atoms with E-state index >= 15 is 0 Å². The number of unbranched alkanes of at least 4 members (excludes halogenated alkanes) is 1. The molecule has 3 aromatic rings. The molecule has 27 heavy (non-hydrogen) atoms. The Labute approximate surface area is 166 Å². The lowest BCUT2D eigenvalue weighted by Gasteiger charge is -2.25. The Balaban J connectivity index is 1.90. The molecule has 4 N–H and O–H groups in total. The highest BCUT2D eigenvalue weighted by atomic mass is 35.5. The molecular formula is C19H21ClN4O2S. The standard InChI is InChI=1S/C19H21ClN4O2S/c1-2-3-8-24-18(26)14(17(25)23-19(24)27)16-15-11(6-7-21-16)12-9-10(20)4-5-13(12)22-15/h4-5,9,16,21-22,26H,2-3,6-8H2,1H3,(H,23,25,27). The molecule has 0 bridgehead atoms. The summed E-state index contributed by atoms with van der Waals surface area (Å²) in [6.07, 6.45) is 2.64. The van der Waals surface area contributed by atoms with E-state index in [0.717, 1.165) is 41.4 Å². The van der Waals surface area contributed by atoms with E-state index in [4.69, 9.17) is 23.8 Å². The Morgan fingerprint density at radius 1 is 1.37 bits per heavy atom. The van der Waals surface area contributed by atoms with Crippen LogP contribution in [0.1, 0.15) is 42.6 Å². The van der Waals surface area contributed by atoms with E-state index in [2.05, 4.69) is 22.2 Å². The highest BCUT2D eigenvalue weighted by Gasteiger charge is 2.30. The predicted molar refractivity (Wildman–Crippen MR) is 109 cm³/mol. The van der Waals surface area contributed by atoms with Crippen molar-refractivity contribution in [3.8, 4) is 5.88 Å². The van der Waals surface area contributed by atoms with Crippen LogP contribution in [-0.2, 0) is 13.0 Å². The third-order valence-corrected chi connectivity index (χ3v) is 5.70. The van der Waals surface area contributed by atoms with Crippen LogP contribution in [0.5, 0.6) is 5.88 Å². The number of halogens is 1. The SMILES string of the molecule is CCCCn1c(O)c(C2NCCc3c2[nH]c2ccc(Cl)cc32)c(=O)[nH]c1=S. The molecule has 142 valence electrons. The van der Waals surface area contributed by atoms with Crippen molar-refractivity contribution in [1.82, 2.24) is 19.9 Å². The Kier molecular flexibility index (Phi) is 4.84. The molecule has 1 aliphatic rings. The van der Waals surface area contributed by atoms with Crippen molar-refractivity contribution in [2.45, 2.75) is 38.8 Å². The van der Waals surface area contributed by atoms with Crippen LogP contribution in [0.3, 0.4) is 0 Å². The zero-order chi connectivity index (χ0) is 19.1. The van der Waals surface area contributed by atoms with Crippen molar-refractivity contribution >= 4 is 34.7 Å². The predicted octanol–water partition coefficient (Wildman–Crippen LogP) is 3.78. The van der Waals surface area contributed by atoms with Gasteiger partial charge in [0.1, 0.15) is 5.56 Å². The second kappa shape index (κ2) is 7.14. The molecule has 0 spiro atoms. The Morgan fingerprint density at radius 2 is 2.19 bits per heavy atom. The molecule has 6 nitrogen and oxygen atoms in total. The number of benzene rings is 1. The molecule has 4 rings (SSSR count). The van der Waals surface area contributed by atoms with Gasteiger partial charge >= 0.3 is 0 Å². The molecule has 0 fully saturated rings. The van der Waals surface area contributed by atoms with E-state index in [9.17, 15) is 9.90 Å². The van der Waals surface area contributed by atoms with Crippen molar-refractivity contribution in [2.24, 2.45) is 0 Å². The first-order valence-electron chi connectivity index (χ1n) is 9.10. The van der Waals surface area contributed by atoms with Gasteiger partial charge in [-0.2, -0.15) is 0 Å². The van der Waals surface area contributed by atoms with Crippen LogP contribution in [0.2, 0.25) is 5.02 Å². The number of hydrogen-bond donors (Lipinski definition) is 4. The molecule has 1 unspecified atom stereocenters. The first-order chi connectivity index (χ1) is 13.0. The lowest BCUT2D eigenvalue weighted by Crippen LogP contribution is -2.35. The lowest BCUT2D eigenvalue weighted by atomic mass is 9.95. The fourth-order valence-electron chi connectivity index (χ4n) is 3.81. The quantitative estimate of drug-likeness (QED) is 0.498. The molecule has 0 amide bonds. The minimum Gasteiger partial charge on any atom is -0.494 e. The van der Waals surface area contributed by atoms with E-state index in [-0.39, 0.29) is 16.2 Å². The molecule has 1 atom stereocenters. The molecule has 0 saturated carbocycles. The van der Waals surface area contributed by atoms with Gasteiger partial charge in [-0.05, 0) is 48.8 Å². The van der Waals surface area contributed by atoms with Gasteiger partial charge in [-0.25, -0.2) is 0 Å². The average Bonchev–Trinajstić information content (AvgIpc) is 3.00. The summed E-state index contributed by atoms with van der Waals surface area (Å²) in [4.78, 5) is 18.8. The van der Waals surface area contributed by atoms with Crippen molar-refractivity contribution in [1.29, 1.82) is 0 Å². The third kappa shape index (κ3) is 3.09. The number of aromatic hydroxyl groups is 1. The Hall–Kier alpha value is -2.09. The molecule has 0 radical (unpaired) electrons. The fourth-order valence-corrected chi connectivity index (χ4v) is 4.25. The summed E-state index contributed by atoms with van der Waals surface area (Å²) in [5.41, 5.74) is 2.90. The summed E-state index contributed by atoms with van der Waals surface area (Å²) in [7, 11) is 0. The number of rotatable bonds is 4. The Morgan fingerprint density at radius 3 is 2.96 bits per heavy atom. The largest absolute Gasteiger partial charge is 0.494 e. The van der Waals surface area contributed by atoms with E-state index in [1.165, 1.54) is 0 Å². The molecule has 8 heteroatoms. The van der Waals surface area contributed by atoms with Gasteiger partial charge in [0, 0.05) is 34.7 Å². The van der Waals surface area contributed by atoms with Gasteiger partial charge in [0.15, 0.2) is 4.77 Å². The lowest BCUT2D eigenvalue weighted by molar-refractivity contribution is 0.382. The zero-order valence-corrected chi connectivity index (χ0v) is 16.5. The molecule has 0 saturated heterocycles. The number of nitrogens with one attached hydrogen (secondary N) is 3. The van der Waals surface area contributed by atoms with E-state index < -0.39 is 6.04 Å². The Bertz CT molecular complexity index is 1130. The molecule has 3 heterocycles. The van der Waals surface area contributed by atoms with Crippen LogP contribution >= 0.6 is 23.8 Å². The topological polar surface area (TPSA) is 85.8 Å². The smallest absolute Gasteiger partial charge is 0.260 e. The highest BCUT2D eigenvalue weighted by Crippen LogP contribution is 2.36. The van der Waals surface area contributed by atoms with Crippen LogP contribution in [0.15, 0.2) is 23.0 Å². The number of fused-ring (bicyclic) bond motifs is 3. The second-order valence-electron chi connectivity index (χ2n) is 6.85. The average molecular weight is 405 g/mol. The summed E-state index contributed by atoms with van der Waals surface area (Å²) >= 11 is 11.4. The van der Waals surface area contributed by atoms with Crippen LogP contribution in [0, 0.1) is 4.77 Å². The van der Waals surface area contributed by atoms with Crippen LogP contribution in [0.4, 0.5) is 0 Å². The molecular weight excluding hydrogens is 384 g/mol. The van der Waals surface area contributed by atoms with Crippen molar-refractivity contribution in [2.75, 3.05) is 6.54 Å². The number of H-pyrrole nitrogens is 2. The molecule has 1 aliphatic heterocycles. The summed E-state index contributed by atoms with van der Waals surface area (Å²) < 4.78 is 1.85. The van der Waals surface area contributed by atoms with Gasteiger partial charge in [-0.1, -0.05) is 24.9 Å². The van der Waals surface area contributed by atoms with E-state index in [1.54, 1.807) is 4.57 Å². The fraction of sp³-hybridized carbons (Fsp3) is 0.368. The normalized spacial score (nSPS) is 16.6. The van der Waals surface area contributed by atoms with Crippen molar-refractivity contribution in [3.05, 3.63) is 55.2 Å². The van der Waals surface area contributed by atoms with Gasteiger partial charge in [-0.3, -0.25) is 14.3 Å². The maximum absolute atomic E-state index is 12.7. The van der Waals surface area contributed by atoms with Gasteiger partial charge in [0.25, 0.3) is 5.56 Å². The van der Waals surface area contributed by atoms with Gasteiger partial charge in [0.05, 0.1) is 6.04 Å². The first kappa shape index (κ1) is 18.3. The van der Waals surface area contributed by atoms with E-state index in [1.807, 2.05) is 18.2 Å². The van der Waals surface area contributed by atoms with Crippen molar-refractivity contribution in [3.63, 3.8) is 0 Å². The monoisotopic (exact) mass is 404 g/mol. The second-order valence-corrected chi connectivity index (χ2v) is 7.67. The first-order valence-corrected chi connectivity index (χ1v) is 9.89. The van der Waals surface area contributed by atoms with Gasteiger partial charge < -0.3 is 15.4 Å². The number of aromatic amines is 2. The highest BCUT2D eigenvalue weighted by molar-refractivity contribution is 7.71. The summed E-state index contributed by atoms with van der Waals surface area (Å²) in [6.45, 7) is 3.32. The zero-order valence-electron chi connectivity index (χ0n) is 14.9. The summed E-state index contributed by atoms with van der Waals surface area (Å²) in [5, 5.41) is 16.0. The van der Waals surface area contributed by atoms with Gasteiger partial charge in [-0.15, -0.1) is 0 Å².